The fourth-order valence-corrected chi connectivity index (χ4v) is 3.22. The third-order valence-corrected chi connectivity index (χ3v) is 5.66. The highest BCUT2D eigenvalue weighted by atomic mass is 32.2. The van der Waals surface area contributed by atoms with Crippen molar-refractivity contribution in [2.24, 2.45) is 0 Å². The Hall–Kier alpha value is -1.58. The van der Waals surface area contributed by atoms with E-state index in [2.05, 4.69) is 9.47 Å². The molecule has 0 unspecified atom stereocenters. The Kier molecular flexibility index (Phi) is 5.07. The van der Waals surface area contributed by atoms with Gasteiger partial charge in [0.05, 0.1) is 11.2 Å². The van der Waals surface area contributed by atoms with E-state index >= 15 is 0 Å². The number of carbonyl (C=O) groups is 1. The van der Waals surface area contributed by atoms with Crippen LogP contribution in [0.5, 0.6) is 11.5 Å². The Balaban J connectivity index is 1.89. The standard InChI is InChI=1S/C18H21BF2O5S/c1-11(22)27-10-13(19-25-16(2,3)17(4,5)26-19)8-12-6-7-14-15(9-12)24-18(20,21)23-14/h6-9H,10H2,1-5H3. The molecule has 146 valence electrons. The Morgan fingerprint density at radius 2 is 1.70 bits per heavy atom. The van der Waals surface area contributed by atoms with E-state index in [9.17, 15) is 13.6 Å². The molecule has 9 heteroatoms. The quantitative estimate of drug-likeness (QED) is 0.705. The van der Waals surface area contributed by atoms with Crippen LogP contribution in [0.25, 0.3) is 6.08 Å². The molecular weight excluding hydrogens is 377 g/mol. The van der Waals surface area contributed by atoms with Gasteiger partial charge in [-0.25, -0.2) is 0 Å². The van der Waals surface area contributed by atoms with Crippen molar-refractivity contribution in [3.63, 3.8) is 0 Å². The first-order chi connectivity index (χ1) is 12.4. The number of hydrogen-bond donors (Lipinski definition) is 0. The molecule has 2 aliphatic rings. The molecule has 0 radical (unpaired) electrons. The zero-order valence-corrected chi connectivity index (χ0v) is 16.6. The summed E-state index contributed by atoms with van der Waals surface area (Å²) < 4.78 is 47.5. The molecule has 3 rings (SSSR count). The van der Waals surface area contributed by atoms with Gasteiger partial charge in [0.15, 0.2) is 16.6 Å². The van der Waals surface area contributed by atoms with E-state index in [4.69, 9.17) is 9.31 Å². The molecule has 0 aliphatic carbocycles. The predicted octanol–water partition coefficient (Wildman–Crippen LogP) is 4.30. The van der Waals surface area contributed by atoms with E-state index in [1.54, 1.807) is 12.1 Å². The lowest BCUT2D eigenvalue weighted by atomic mass is 9.78. The maximum Gasteiger partial charge on any atom is 0.586 e. The highest BCUT2D eigenvalue weighted by molar-refractivity contribution is 8.13. The first kappa shape index (κ1) is 20.2. The largest absolute Gasteiger partial charge is 0.586 e. The molecule has 0 atom stereocenters. The molecule has 2 heterocycles. The van der Waals surface area contributed by atoms with Crippen LogP contribution in [0.1, 0.15) is 40.2 Å². The normalized spacial score (nSPS) is 22.2. The molecule has 1 saturated heterocycles. The molecule has 0 aromatic heterocycles. The number of ether oxygens (including phenoxy) is 2. The van der Waals surface area contributed by atoms with E-state index in [1.807, 2.05) is 27.7 Å². The maximum atomic E-state index is 13.2. The van der Waals surface area contributed by atoms with Crippen molar-refractivity contribution in [1.29, 1.82) is 0 Å². The number of alkyl halides is 2. The molecule has 2 aliphatic heterocycles. The second-order valence-electron chi connectivity index (χ2n) is 7.46. The van der Waals surface area contributed by atoms with E-state index < -0.39 is 24.6 Å². The third-order valence-electron chi connectivity index (χ3n) is 4.78. The Morgan fingerprint density at radius 1 is 1.11 bits per heavy atom. The van der Waals surface area contributed by atoms with Gasteiger partial charge in [-0.3, -0.25) is 4.79 Å². The van der Waals surface area contributed by atoms with Crippen LogP contribution in [-0.2, 0) is 14.1 Å². The maximum absolute atomic E-state index is 13.2. The molecule has 27 heavy (non-hydrogen) atoms. The van der Waals surface area contributed by atoms with Crippen LogP contribution in [0.3, 0.4) is 0 Å². The molecule has 5 nitrogen and oxygen atoms in total. The van der Waals surface area contributed by atoms with Crippen LogP contribution in [0.2, 0.25) is 0 Å². The number of thioether (sulfide) groups is 1. The van der Waals surface area contributed by atoms with Crippen molar-refractivity contribution in [2.75, 3.05) is 5.75 Å². The highest BCUT2D eigenvalue weighted by Crippen LogP contribution is 2.42. The first-order valence-electron chi connectivity index (χ1n) is 8.48. The van der Waals surface area contributed by atoms with Gasteiger partial charge in [0, 0.05) is 12.7 Å². The van der Waals surface area contributed by atoms with Crippen LogP contribution >= 0.6 is 11.8 Å². The molecule has 0 bridgehead atoms. The predicted molar refractivity (Wildman–Crippen MR) is 99.8 cm³/mol. The van der Waals surface area contributed by atoms with Crippen LogP contribution in [0, 0.1) is 0 Å². The Labute approximate surface area is 161 Å². The lowest BCUT2D eigenvalue weighted by Gasteiger charge is -2.32. The molecular formula is C18H21BF2O5S. The van der Waals surface area contributed by atoms with Crippen molar-refractivity contribution in [3.8, 4) is 11.5 Å². The average Bonchev–Trinajstić information content (AvgIpc) is 2.93. The van der Waals surface area contributed by atoms with E-state index in [0.717, 1.165) is 17.2 Å². The summed E-state index contributed by atoms with van der Waals surface area (Å²) in [5.41, 5.74) is 0.270. The molecule has 1 aromatic carbocycles. The van der Waals surface area contributed by atoms with E-state index in [0.29, 0.717) is 11.3 Å². The number of halogens is 2. The van der Waals surface area contributed by atoms with E-state index in [-0.39, 0.29) is 16.6 Å². The van der Waals surface area contributed by atoms with Gasteiger partial charge >= 0.3 is 13.4 Å². The Bertz CT molecular complexity index is 778. The smallest absolute Gasteiger partial charge is 0.400 e. The summed E-state index contributed by atoms with van der Waals surface area (Å²) in [7, 11) is -0.645. The minimum Gasteiger partial charge on any atom is -0.400 e. The first-order valence-corrected chi connectivity index (χ1v) is 9.46. The van der Waals surface area contributed by atoms with Crippen molar-refractivity contribution >= 4 is 30.1 Å². The minimum atomic E-state index is -3.66. The second-order valence-corrected chi connectivity index (χ2v) is 8.61. The molecule has 0 amide bonds. The zero-order chi connectivity index (χ0) is 20.0. The van der Waals surface area contributed by atoms with Crippen molar-refractivity contribution < 1.29 is 32.4 Å². The van der Waals surface area contributed by atoms with Crippen LogP contribution in [0.15, 0.2) is 23.7 Å². The molecule has 1 aromatic rings. The number of hydrogen-bond acceptors (Lipinski definition) is 6. The third kappa shape index (κ3) is 4.30. The summed E-state index contributed by atoms with van der Waals surface area (Å²) in [6.45, 7) is 9.22. The van der Waals surface area contributed by atoms with Gasteiger partial charge in [-0.05, 0) is 50.9 Å². The van der Waals surface area contributed by atoms with Gasteiger partial charge in [0.2, 0.25) is 0 Å². The van der Waals surface area contributed by atoms with Gasteiger partial charge in [-0.15, -0.1) is 8.78 Å². The van der Waals surface area contributed by atoms with Crippen LogP contribution in [0.4, 0.5) is 8.78 Å². The van der Waals surface area contributed by atoms with Crippen LogP contribution < -0.4 is 9.47 Å². The summed E-state index contributed by atoms with van der Waals surface area (Å²) in [5, 5.41) is -0.0391. The number of benzene rings is 1. The van der Waals surface area contributed by atoms with Gasteiger partial charge < -0.3 is 18.8 Å². The SMILES string of the molecule is CC(=O)SCC(=Cc1ccc2c(c1)OC(F)(F)O2)B1OC(C)(C)C(C)(C)O1. The zero-order valence-electron chi connectivity index (χ0n) is 15.8. The van der Waals surface area contributed by atoms with Crippen molar-refractivity contribution in [1.82, 2.24) is 0 Å². The molecule has 0 saturated carbocycles. The lowest BCUT2D eigenvalue weighted by molar-refractivity contribution is -0.286. The number of fused-ring (bicyclic) bond motifs is 1. The summed E-state index contributed by atoms with van der Waals surface area (Å²) >= 11 is 1.13. The molecule has 1 fully saturated rings. The second kappa shape index (κ2) is 6.79. The van der Waals surface area contributed by atoms with Gasteiger partial charge in [-0.2, -0.15) is 0 Å². The van der Waals surface area contributed by atoms with Crippen molar-refractivity contribution in [3.05, 3.63) is 29.2 Å². The summed E-state index contributed by atoms with van der Waals surface area (Å²) in [6.07, 6.45) is -1.90. The molecule has 0 spiro atoms. The van der Waals surface area contributed by atoms with Gasteiger partial charge in [0.25, 0.3) is 0 Å². The van der Waals surface area contributed by atoms with Crippen molar-refractivity contribution in [2.45, 2.75) is 52.1 Å². The fourth-order valence-electron chi connectivity index (χ4n) is 2.63. The van der Waals surface area contributed by atoms with Gasteiger partial charge in [-0.1, -0.05) is 23.9 Å². The summed E-state index contributed by atoms with van der Waals surface area (Å²) in [5.74, 6) is 0.296. The lowest BCUT2D eigenvalue weighted by Crippen LogP contribution is -2.41. The molecule has 0 N–H and O–H groups in total. The number of rotatable bonds is 4. The minimum absolute atomic E-state index is 0.0209. The summed E-state index contributed by atoms with van der Waals surface area (Å²) in [6, 6.07) is 4.51. The van der Waals surface area contributed by atoms with Gasteiger partial charge in [0.1, 0.15) is 0 Å². The number of carbonyl (C=O) groups excluding carboxylic acids is 1. The highest BCUT2D eigenvalue weighted by Gasteiger charge is 2.52. The fraction of sp³-hybridized carbons (Fsp3) is 0.500. The average molecular weight is 398 g/mol. The Morgan fingerprint density at radius 3 is 2.30 bits per heavy atom. The van der Waals surface area contributed by atoms with Crippen LogP contribution in [-0.4, -0.2) is 35.5 Å². The van der Waals surface area contributed by atoms with E-state index in [1.165, 1.54) is 19.1 Å². The topological polar surface area (TPSA) is 54.0 Å². The summed E-state index contributed by atoms with van der Waals surface area (Å²) in [4.78, 5) is 11.4. The monoisotopic (exact) mass is 398 g/mol.